The van der Waals surface area contributed by atoms with Gasteiger partial charge in [-0.1, -0.05) is 0 Å². The predicted molar refractivity (Wildman–Crippen MR) is 91.3 cm³/mol. The monoisotopic (exact) mass is 326 g/mol. The summed E-state index contributed by atoms with van der Waals surface area (Å²) >= 11 is 1.62. The van der Waals surface area contributed by atoms with Gasteiger partial charge in [0, 0.05) is 24.2 Å². The number of likely N-dealkylation sites (tertiary alicyclic amines) is 1. The summed E-state index contributed by atoms with van der Waals surface area (Å²) in [6.07, 6.45) is 7.34. The topological polar surface area (TPSA) is 44.9 Å². The molecule has 1 saturated heterocycles. The van der Waals surface area contributed by atoms with E-state index < -0.39 is 0 Å². The summed E-state index contributed by atoms with van der Waals surface area (Å²) < 4.78 is 2.37. The molecule has 5 heteroatoms. The molecule has 23 heavy (non-hydrogen) atoms. The van der Waals surface area contributed by atoms with Gasteiger partial charge in [0.2, 0.25) is 0 Å². The molecule has 0 saturated carbocycles. The number of rotatable bonds is 3. The van der Waals surface area contributed by atoms with E-state index in [1.165, 1.54) is 54.2 Å². The summed E-state index contributed by atoms with van der Waals surface area (Å²) in [5, 5.41) is 9.01. The average molecular weight is 326 g/mol. The van der Waals surface area contributed by atoms with Gasteiger partial charge in [0.1, 0.15) is 16.8 Å². The molecule has 4 nitrogen and oxygen atoms in total. The molecule has 1 fully saturated rings. The maximum atomic E-state index is 9.01. The van der Waals surface area contributed by atoms with Crippen LogP contribution >= 0.6 is 11.3 Å². The van der Waals surface area contributed by atoms with Crippen LogP contribution in [-0.2, 0) is 26.4 Å². The molecule has 4 rings (SSSR count). The number of imidazole rings is 1. The minimum absolute atomic E-state index is 0.429. The SMILES string of the molecule is Cn1c([C@H]2CCCN2Cc2ccc(C#N)s2)nc2c1CCCC2. The van der Waals surface area contributed by atoms with Crippen molar-refractivity contribution in [3.8, 4) is 6.07 Å². The third-order valence-electron chi connectivity index (χ3n) is 5.20. The first kappa shape index (κ1) is 14.9. The minimum Gasteiger partial charge on any atom is -0.334 e. The molecule has 0 aromatic carbocycles. The van der Waals surface area contributed by atoms with Gasteiger partial charge in [-0.2, -0.15) is 5.26 Å². The number of aromatic nitrogens is 2. The standard InChI is InChI=1S/C18H22N4S/c1-21-16-6-3-2-5-15(16)20-18(21)17-7-4-10-22(17)12-14-9-8-13(11-19)23-14/h8-9,17H,2-7,10,12H2,1H3/t17-/m1/s1. The molecule has 0 N–H and O–H groups in total. The van der Waals surface area contributed by atoms with Gasteiger partial charge in [0.05, 0.1) is 11.7 Å². The van der Waals surface area contributed by atoms with Crippen molar-refractivity contribution in [2.45, 2.75) is 51.1 Å². The summed E-state index contributed by atoms with van der Waals surface area (Å²) in [5.74, 6) is 1.26. The first-order chi connectivity index (χ1) is 11.3. The Labute approximate surface area is 141 Å². The van der Waals surface area contributed by atoms with Crippen molar-refractivity contribution in [2.75, 3.05) is 6.54 Å². The number of nitriles is 1. The van der Waals surface area contributed by atoms with E-state index in [1.807, 2.05) is 6.07 Å². The molecule has 2 aromatic rings. The predicted octanol–water partition coefficient (Wildman–Crippen LogP) is 3.57. The van der Waals surface area contributed by atoms with Gasteiger partial charge < -0.3 is 4.57 Å². The Hall–Kier alpha value is -1.64. The van der Waals surface area contributed by atoms with Crippen LogP contribution in [0.3, 0.4) is 0 Å². The van der Waals surface area contributed by atoms with Crippen LogP contribution in [0.5, 0.6) is 0 Å². The lowest BCUT2D eigenvalue weighted by Crippen LogP contribution is -2.24. The summed E-state index contributed by atoms with van der Waals surface area (Å²) in [5.41, 5.74) is 2.80. The molecule has 3 heterocycles. The average Bonchev–Trinajstić information content (AvgIpc) is 3.28. The first-order valence-corrected chi connectivity index (χ1v) is 9.35. The van der Waals surface area contributed by atoms with Gasteiger partial charge >= 0.3 is 0 Å². The molecular weight excluding hydrogens is 304 g/mol. The molecule has 1 atom stereocenters. The van der Waals surface area contributed by atoms with E-state index in [0.717, 1.165) is 24.4 Å². The Bertz CT molecular complexity index is 752. The van der Waals surface area contributed by atoms with Crippen LogP contribution in [0, 0.1) is 11.3 Å². The maximum absolute atomic E-state index is 9.01. The van der Waals surface area contributed by atoms with E-state index in [0.29, 0.717) is 6.04 Å². The zero-order chi connectivity index (χ0) is 15.8. The minimum atomic E-state index is 0.429. The van der Waals surface area contributed by atoms with Crippen LogP contribution in [-0.4, -0.2) is 21.0 Å². The molecule has 0 spiro atoms. The van der Waals surface area contributed by atoms with Crippen molar-refractivity contribution in [1.29, 1.82) is 5.26 Å². The zero-order valence-electron chi connectivity index (χ0n) is 13.6. The maximum Gasteiger partial charge on any atom is 0.126 e. The molecular formula is C18H22N4S. The third kappa shape index (κ3) is 2.71. The largest absolute Gasteiger partial charge is 0.334 e. The van der Waals surface area contributed by atoms with Crippen molar-refractivity contribution in [3.05, 3.63) is 39.1 Å². The van der Waals surface area contributed by atoms with Gasteiger partial charge in [-0.25, -0.2) is 4.98 Å². The zero-order valence-corrected chi connectivity index (χ0v) is 14.4. The highest BCUT2D eigenvalue weighted by molar-refractivity contribution is 7.12. The van der Waals surface area contributed by atoms with Gasteiger partial charge in [-0.3, -0.25) is 4.90 Å². The lowest BCUT2D eigenvalue weighted by molar-refractivity contribution is 0.238. The fourth-order valence-corrected chi connectivity index (χ4v) is 4.87. The molecule has 0 radical (unpaired) electrons. The van der Waals surface area contributed by atoms with Crippen molar-refractivity contribution in [1.82, 2.24) is 14.5 Å². The summed E-state index contributed by atoms with van der Waals surface area (Å²) in [6.45, 7) is 2.07. The van der Waals surface area contributed by atoms with Crippen LogP contribution in [0.1, 0.15) is 58.7 Å². The third-order valence-corrected chi connectivity index (χ3v) is 6.18. The number of nitrogens with zero attached hydrogens (tertiary/aromatic N) is 4. The quantitative estimate of drug-likeness (QED) is 0.866. The van der Waals surface area contributed by atoms with Crippen LogP contribution in [0.25, 0.3) is 0 Å². The normalized spacial score (nSPS) is 21.3. The fourth-order valence-electron chi connectivity index (χ4n) is 4.04. The highest BCUT2D eigenvalue weighted by Gasteiger charge is 2.31. The fraction of sp³-hybridized carbons (Fsp3) is 0.556. The van der Waals surface area contributed by atoms with E-state index in [-0.39, 0.29) is 0 Å². The summed E-state index contributed by atoms with van der Waals surface area (Å²) in [4.78, 5) is 9.65. The summed E-state index contributed by atoms with van der Waals surface area (Å²) in [6, 6.07) is 6.70. The van der Waals surface area contributed by atoms with E-state index >= 15 is 0 Å². The Morgan fingerprint density at radius 1 is 1.30 bits per heavy atom. The van der Waals surface area contributed by atoms with Crippen LogP contribution in [0.2, 0.25) is 0 Å². The summed E-state index contributed by atoms with van der Waals surface area (Å²) in [7, 11) is 2.20. The van der Waals surface area contributed by atoms with Crippen molar-refractivity contribution in [2.24, 2.45) is 7.05 Å². The number of thiophene rings is 1. The van der Waals surface area contributed by atoms with E-state index in [2.05, 4.69) is 28.7 Å². The van der Waals surface area contributed by atoms with Crippen molar-refractivity contribution in [3.63, 3.8) is 0 Å². The van der Waals surface area contributed by atoms with Crippen LogP contribution < -0.4 is 0 Å². The molecule has 2 aromatic heterocycles. The first-order valence-electron chi connectivity index (χ1n) is 8.53. The second-order valence-electron chi connectivity index (χ2n) is 6.64. The molecule has 120 valence electrons. The number of fused-ring (bicyclic) bond motifs is 1. The van der Waals surface area contributed by atoms with Crippen LogP contribution in [0.4, 0.5) is 0 Å². The lowest BCUT2D eigenvalue weighted by atomic mass is 10.0. The molecule has 0 amide bonds. The molecule has 1 aliphatic heterocycles. The van der Waals surface area contributed by atoms with E-state index in [9.17, 15) is 0 Å². The molecule has 0 unspecified atom stereocenters. The Morgan fingerprint density at radius 2 is 2.17 bits per heavy atom. The van der Waals surface area contributed by atoms with Gasteiger partial charge in [0.25, 0.3) is 0 Å². The molecule has 2 aliphatic rings. The number of hydrogen-bond acceptors (Lipinski definition) is 4. The van der Waals surface area contributed by atoms with Crippen LogP contribution in [0.15, 0.2) is 12.1 Å². The van der Waals surface area contributed by atoms with E-state index in [4.69, 9.17) is 10.2 Å². The van der Waals surface area contributed by atoms with Crippen molar-refractivity contribution < 1.29 is 0 Å². The van der Waals surface area contributed by atoms with Gasteiger partial charge in [-0.05, 0) is 57.2 Å². The number of aryl methyl sites for hydroxylation is 1. The number of hydrogen-bond donors (Lipinski definition) is 0. The van der Waals surface area contributed by atoms with Gasteiger partial charge in [-0.15, -0.1) is 11.3 Å². The highest BCUT2D eigenvalue weighted by atomic mass is 32.1. The van der Waals surface area contributed by atoms with E-state index in [1.54, 1.807) is 11.3 Å². The lowest BCUT2D eigenvalue weighted by Gasteiger charge is -2.23. The second kappa shape index (κ2) is 6.10. The smallest absolute Gasteiger partial charge is 0.126 e. The van der Waals surface area contributed by atoms with Gasteiger partial charge in [0.15, 0.2) is 0 Å². The second-order valence-corrected chi connectivity index (χ2v) is 7.80. The molecule has 1 aliphatic carbocycles. The Kier molecular flexibility index (Phi) is 3.96. The molecule has 0 bridgehead atoms. The van der Waals surface area contributed by atoms with Crippen molar-refractivity contribution >= 4 is 11.3 Å². The Morgan fingerprint density at radius 3 is 2.96 bits per heavy atom. The Balaban J connectivity index is 1.58. The highest BCUT2D eigenvalue weighted by Crippen LogP contribution is 2.35.